The number of benzene rings is 1. The van der Waals surface area contributed by atoms with Crippen LogP contribution in [0.1, 0.15) is 45.8 Å². The molecule has 2 aromatic rings. The maximum Gasteiger partial charge on any atom is 0.163 e. The Bertz CT molecular complexity index is 634. The van der Waals surface area contributed by atoms with Crippen LogP contribution in [-0.2, 0) is 6.42 Å². The summed E-state index contributed by atoms with van der Waals surface area (Å²) in [6.07, 6.45) is 2.65. The van der Waals surface area contributed by atoms with Crippen LogP contribution in [0.5, 0.6) is 0 Å². The molecule has 1 aliphatic carbocycles. The monoisotopic (exact) mass is 238 g/mol. The standard InChI is InChI=1S/C15H14N2O/c1-9-14(10(2)18)8-16-15(17-9)13-7-11-5-3-4-6-12(11)13/h3-6,8,13H,7H2,1-2H3. The zero-order chi connectivity index (χ0) is 12.7. The van der Waals surface area contributed by atoms with Gasteiger partial charge in [-0.25, -0.2) is 9.97 Å². The van der Waals surface area contributed by atoms with Crippen molar-refractivity contribution in [3.63, 3.8) is 0 Å². The maximum absolute atomic E-state index is 11.3. The lowest BCUT2D eigenvalue weighted by Gasteiger charge is -2.28. The predicted molar refractivity (Wildman–Crippen MR) is 68.8 cm³/mol. The Hall–Kier alpha value is -2.03. The lowest BCUT2D eigenvalue weighted by molar-refractivity contribution is 0.101. The Balaban J connectivity index is 1.97. The molecule has 3 rings (SSSR count). The van der Waals surface area contributed by atoms with Crippen LogP contribution in [0.4, 0.5) is 0 Å². The molecule has 0 saturated heterocycles. The minimum absolute atomic E-state index is 0.0214. The molecule has 0 N–H and O–H groups in total. The molecule has 90 valence electrons. The summed E-state index contributed by atoms with van der Waals surface area (Å²) >= 11 is 0. The van der Waals surface area contributed by atoms with Crippen molar-refractivity contribution in [1.82, 2.24) is 9.97 Å². The van der Waals surface area contributed by atoms with E-state index in [4.69, 9.17) is 0 Å². The van der Waals surface area contributed by atoms with E-state index < -0.39 is 0 Å². The van der Waals surface area contributed by atoms with E-state index in [9.17, 15) is 4.79 Å². The summed E-state index contributed by atoms with van der Waals surface area (Å²) in [6.45, 7) is 3.41. The van der Waals surface area contributed by atoms with E-state index in [0.717, 1.165) is 17.9 Å². The quantitative estimate of drug-likeness (QED) is 0.755. The summed E-state index contributed by atoms with van der Waals surface area (Å²) in [6, 6.07) is 8.37. The van der Waals surface area contributed by atoms with Gasteiger partial charge in [-0.3, -0.25) is 4.79 Å². The fraction of sp³-hybridized carbons (Fsp3) is 0.267. The smallest absolute Gasteiger partial charge is 0.163 e. The van der Waals surface area contributed by atoms with Crippen molar-refractivity contribution in [2.75, 3.05) is 0 Å². The molecule has 1 heterocycles. The third kappa shape index (κ3) is 1.63. The fourth-order valence-electron chi connectivity index (χ4n) is 2.49. The molecule has 0 bridgehead atoms. The minimum atomic E-state index is 0.0214. The Kier molecular flexibility index (Phi) is 2.47. The van der Waals surface area contributed by atoms with E-state index in [-0.39, 0.29) is 5.78 Å². The highest BCUT2D eigenvalue weighted by molar-refractivity contribution is 5.94. The van der Waals surface area contributed by atoms with Crippen LogP contribution in [0.3, 0.4) is 0 Å². The molecule has 0 radical (unpaired) electrons. The van der Waals surface area contributed by atoms with Gasteiger partial charge in [0.25, 0.3) is 0 Å². The molecule has 1 atom stereocenters. The molecule has 1 aliphatic rings. The number of aryl methyl sites for hydroxylation is 1. The van der Waals surface area contributed by atoms with E-state index in [0.29, 0.717) is 11.5 Å². The molecule has 1 aromatic carbocycles. The fourth-order valence-corrected chi connectivity index (χ4v) is 2.49. The van der Waals surface area contributed by atoms with Crippen LogP contribution in [0, 0.1) is 6.92 Å². The van der Waals surface area contributed by atoms with Gasteiger partial charge in [-0.05, 0) is 31.4 Å². The molecule has 0 amide bonds. The van der Waals surface area contributed by atoms with Gasteiger partial charge in [-0.1, -0.05) is 24.3 Å². The molecule has 3 heteroatoms. The lowest BCUT2D eigenvalue weighted by Crippen LogP contribution is -2.21. The average Bonchev–Trinajstić information content (AvgIpc) is 2.30. The second-order valence-electron chi connectivity index (χ2n) is 4.74. The molecule has 0 aliphatic heterocycles. The van der Waals surface area contributed by atoms with Crippen molar-refractivity contribution in [1.29, 1.82) is 0 Å². The summed E-state index contributed by atoms with van der Waals surface area (Å²) in [7, 11) is 0. The number of fused-ring (bicyclic) bond motifs is 1. The Morgan fingerprint density at radius 2 is 2.11 bits per heavy atom. The van der Waals surface area contributed by atoms with E-state index in [1.807, 2.05) is 13.0 Å². The second kappa shape index (κ2) is 4.02. The van der Waals surface area contributed by atoms with Crippen molar-refractivity contribution >= 4 is 5.78 Å². The molecular formula is C15H14N2O. The van der Waals surface area contributed by atoms with Gasteiger partial charge in [0, 0.05) is 12.1 Å². The summed E-state index contributed by atoms with van der Waals surface area (Å²) < 4.78 is 0. The number of nitrogens with zero attached hydrogens (tertiary/aromatic N) is 2. The third-order valence-electron chi connectivity index (χ3n) is 3.54. The van der Waals surface area contributed by atoms with Gasteiger partial charge < -0.3 is 0 Å². The molecule has 0 saturated carbocycles. The first-order valence-electron chi connectivity index (χ1n) is 6.09. The van der Waals surface area contributed by atoms with Gasteiger partial charge in [0.05, 0.1) is 11.3 Å². The van der Waals surface area contributed by atoms with Gasteiger partial charge in [0.1, 0.15) is 5.82 Å². The SMILES string of the molecule is CC(=O)c1cnc(C2Cc3ccccc32)nc1C. The number of ketones is 1. The molecular weight excluding hydrogens is 224 g/mol. The molecule has 18 heavy (non-hydrogen) atoms. The van der Waals surface area contributed by atoms with Gasteiger partial charge in [0.2, 0.25) is 0 Å². The van der Waals surface area contributed by atoms with Crippen LogP contribution >= 0.6 is 0 Å². The van der Waals surface area contributed by atoms with Gasteiger partial charge in [-0.15, -0.1) is 0 Å². The Labute approximate surface area is 106 Å². The summed E-state index contributed by atoms with van der Waals surface area (Å²) in [5, 5.41) is 0. The van der Waals surface area contributed by atoms with Crippen molar-refractivity contribution in [3.8, 4) is 0 Å². The van der Waals surface area contributed by atoms with Crippen LogP contribution in [0.2, 0.25) is 0 Å². The predicted octanol–water partition coefficient (Wildman–Crippen LogP) is 2.68. The average molecular weight is 238 g/mol. The van der Waals surface area contributed by atoms with Crippen molar-refractivity contribution in [2.24, 2.45) is 0 Å². The topological polar surface area (TPSA) is 42.9 Å². The van der Waals surface area contributed by atoms with Crippen LogP contribution < -0.4 is 0 Å². The number of hydrogen-bond donors (Lipinski definition) is 0. The highest BCUT2D eigenvalue weighted by Gasteiger charge is 2.29. The molecule has 1 unspecified atom stereocenters. The molecule has 1 aromatic heterocycles. The lowest BCUT2D eigenvalue weighted by atomic mass is 9.77. The first kappa shape index (κ1) is 11.1. The van der Waals surface area contributed by atoms with Gasteiger partial charge >= 0.3 is 0 Å². The maximum atomic E-state index is 11.3. The van der Waals surface area contributed by atoms with E-state index in [2.05, 4.69) is 28.2 Å². The van der Waals surface area contributed by atoms with Crippen LogP contribution in [-0.4, -0.2) is 15.8 Å². The minimum Gasteiger partial charge on any atom is -0.294 e. The number of Topliss-reactive ketones (excluding diaryl/α,β-unsaturated/α-hetero) is 1. The van der Waals surface area contributed by atoms with Crippen molar-refractivity contribution in [2.45, 2.75) is 26.2 Å². The summed E-state index contributed by atoms with van der Waals surface area (Å²) in [5.74, 6) is 1.14. The second-order valence-corrected chi connectivity index (χ2v) is 4.74. The van der Waals surface area contributed by atoms with Crippen LogP contribution in [0.25, 0.3) is 0 Å². The zero-order valence-electron chi connectivity index (χ0n) is 10.5. The Morgan fingerprint density at radius 3 is 2.78 bits per heavy atom. The van der Waals surface area contributed by atoms with Crippen molar-refractivity contribution in [3.05, 3.63) is 58.7 Å². The first-order valence-corrected chi connectivity index (χ1v) is 6.09. The highest BCUT2D eigenvalue weighted by atomic mass is 16.1. The van der Waals surface area contributed by atoms with Gasteiger partial charge in [-0.2, -0.15) is 0 Å². The molecule has 3 nitrogen and oxygen atoms in total. The number of rotatable bonds is 2. The highest BCUT2D eigenvalue weighted by Crippen LogP contribution is 2.38. The summed E-state index contributed by atoms with van der Waals surface area (Å²) in [4.78, 5) is 20.2. The summed E-state index contributed by atoms with van der Waals surface area (Å²) in [5.41, 5.74) is 4.08. The van der Waals surface area contributed by atoms with E-state index >= 15 is 0 Å². The molecule has 0 fully saturated rings. The van der Waals surface area contributed by atoms with Gasteiger partial charge in [0.15, 0.2) is 5.78 Å². The zero-order valence-corrected chi connectivity index (χ0v) is 10.5. The first-order chi connectivity index (χ1) is 8.66. The Morgan fingerprint density at radius 1 is 1.33 bits per heavy atom. The number of hydrogen-bond acceptors (Lipinski definition) is 3. The number of aromatic nitrogens is 2. The van der Waals surface area contributed by atoms with E-state index in [1.54, 1.807) is 13.1 Å². The van der Waals surface area contributed by atoms with E-state index in [1.165, 1.54) is 11.1 Å². The number of carbonyl (C=O) groups is 1. The third-order valence-corrected chi connectivity index (χ3v) is 3.54. The van der Waals surface area contributed by atoms with Crippen molar-refractivity contribution < 1.29 is 4.79 Å². The number of carbonyl (C=O) groups excluding carboxylic acids is 1. The normalized spacial score (nSPS) is 16.9. The molecule has 0 spiro atoms. The largest absolute Gasteiger partial charge is 0.294 e. The van der Waals surface area contributed by atoms with Crippen LogP contribution in [0.15, 0.2) is 30.5 Å².